The number of nitrogens with one attached hydrogen (secondary N) is 1. The zero-order valence-corrected chi connectivity index (χ0v) is 16.3. The first kappa shape index (κ1) is 19.6. The summed E-state index contributed by atoms with van der Waals surface area (Å²) in [7, 11) is -3.71. The fourth-order valence-corrected chi connectivity index (χ4v) is 3.68. The normalized spacial score (nSPS) is 11.2. The van der Waals surface area contributed by atoms with Crippen LogP contribution in [0.4, 0.5) is 11.4 Å². The molecule has 0 saturated carbocycles. The zero-order valence-electron chi connectivity index (χ0n) is 14.0. The Morgan fingerprint density at radius 1 is 1.12 bits per heavy atom. The molecule has 0 bridgehead atoms. The number of aryl methyl sites for hydroxylation is 2. The van der Waals surface area contributed by atoms with Crippen molar-refractivity contribution in [1.29, 1.82) is 0 Å². The highest BCUT2D eigenvalue weighted by molar-refractivity contribution is 7.92. The van der Waals surface area contributed by atoms with Gasteiger partial charge in [0.25, 0.3) is 0 Å². The SMILES string of the molecule is Cc1ccc(C)c(NC(=O)CN(c2ccc(Cl)cc2Cl)S(C)(=O)=O)c1. The fraction of sp³-hybridized carbons (Fsp3) is 0.235. The van der Waals surface area contributed by atoms with Crippen LogP contribution in [0, 0.1) is 13.8 Å². The van der Waals surface area contributed by atoms with Gasteiger partial charge in [-0.2, -0.15) is 0 Å². The summed E-state index contributed by atoms with van der Waals surface area (Å²) in [6.45, 7) is 3.37. The third kappa shape index (κ3) is 5.11. The van der Waals surface area contributed by atoms with Crippen LogP contribution in [-0.4, -0.2) is 27.1 Å². The van der Waals surface area contributed by atoms with E-state index in [9.17, 15) is 13.2 Å². The average Bonchev–Trinajstić information content (AvgIpc) is 2.48. The van der Waals surface area contributed by atoms with E-state index < -0.39 is 22.5 Å². The first-order valence-corrected chi connectivity index (χ1v) is 9.98. The van der Waals surface area contributed by atoms with E-state index in [-0.39, 0.29) is 10.7 Å². The van der Waals surface area contributed by atoms with Crippen molar-refractivity contribution in [2.24, 2.45) is 0 Å². The minimum Gasteiger partial charge on any atom is -0.324 e. The van der Waals surface area contributed by atoms with Crippen molar-refractivity contribution >= 4 is 50.5 Å². The molecule has 0 unspecified atom stereocenters. The molecule has 0 heterocycles. The Balaban J connectivity index is 2.28. The van der Waals surface area contributed by atoms with Gasteiger partial charge in [0.15, 0.2) is 0 Å². The summed E-state index contributed by atoms with van der Waals surface area (Å²) in [6.07, 6.45) is 1.02. The first-order chi connectivity index (χ1) is 11.6. The predicted octanol–water partition coefficient (Wildman–Crippen LogP) is 4.01. The molecule has 0 spiro atoms. The molecular formula is C17H18Cl2N2O3S. The number of carbonyl (C=O) groups is 1. The topological polar surface area (TPSA) is 66.5 Å². The van der Waals surface area contributed by atoms with Crippen LogP contribution in [0.25, 0.3) is 0 Å². The van der Waals surface area contributed by atoms with Gasteiger partial charge in [0.1, 0.15) is 6.54 Å². The number of benzene rings is 2. The average molecular weight is 401 g/mol. The number of halogens is 2. The molecule has 0 atom stereocenters. The van der Waals surface area contributed by atoms with Gasteiger partial charge in [-0.05, 0) is 49.2 Å². The van der Waals surface area contributed by atoms with Crippen LogP contribution in [-0.2, 0) is 14.8 Å². The Bertz CT molecular complexity index is 914. The molecule has 0 aliphatic heterocycles. The summed E-state index contributed by atoms with van der Waals surface area (Å²) in [5.74, 6) is -0.467. The third-order valence-corrected chi connectivity index (χ3v) is 5.20. The van der Waals surface area contributed by atoms with Crippen LogP contribution in [0.3, 0.4) is 0 Å². The lowest BCUT2D eigenvalue weighted by atomic mass is 10.1. The van der Waals surface area contributed by atoms with Crippen molar-refractivity contribution in [3.8, 4) is 0 Å². The smallest absolute Gasteiger partial charge is 0.245 e. The standard InChI is InChI=1S/C17H18Cl2N2O3S/c1-11-4-5-12(2)15(8-11)20-17(22)10-21(25(3,23)24)16-7-6-13(18)9-14(16)19/h4-9H,10H2,1-3H3,(H,20,22). The number of carbonyl (C=O) groups excluding carboxylic acids is 1. The minimum absolute atomic E-state index is 0.150. The molecule has 25 heavy (non-hydrogen) atoms. The monoisotopic (exact) mass is 400 g/mol. The Kier molecular flexibility index (Phi) is 5.98. The van der Waals surface area contributed by atoms with E-state index in [1.807, 2.05) is 32.0 Å². The van der Waals surface area contributed by atoms with Crippen LogP contribution < -0.4 is 9.62 Å². The number of amides is 1. The molecule has 0 saturated heterocycles. The molecule has 134 valence electrons. The van der Waals surface area contributed by atoms with Crippen molar-refractivity contribution in [3.05, 3.63) is 57.6 Å². The summed E-state index contributed by atoms with van der Waals surface area (Å²) >= 11 is 11.9. The number of hydrogen-bond donors (Lipinski definition) is 1. The maximum Gasteiger partial charge on any atom is 0.245 e. The van der Waals surface area contributed by atoms with E-state index >= 15 is 0 Å². The molecule has 8 heteroatoms. The molecule has 2 aromatic carbocycles. The Morgan fingerprint density at radius 2 is 1.80 bits per heavy atom. The van der Waals surface area contributed by atoms with Gasteiger partial charge in [0.05, 0.1) is 17.0 Å². The number of sulfonamides is 1. The van der Waals surface area contributed by atoms with Gasteiger partial charge in [-0.15, -0.1) is 0 Å². The maximum atomic E-state index is 12.4. The van der Waals surface area contributed by atoms with Gasteiger partial charge >= 0.3 is 0 Å². The first-order valence-electron chi connectivity index (χ1n) is 7.38. The number of anilines is 2. The summed E-state index contributed by atoms with van der Waals surface area (Å²) in [5, 5.41) is 3.27. The molecule has 2 rings (SSSR count). The highest BCUT2D eigenvalue weighted by Gasteiger charge is 2.23. The third-order valence-electron chi connectivity index (χ3n) is 3.53. The molecule has 0 radical (unpaired) electrons. The van der Waals surface area contributed by atoms with Gasteiger partial charge in [-0.1, -0.05) is 35.3 Å². The fourth-order valence-electron chi connectivity index (χ4n) is 2.26. The van der Waals surface area contributed by atoms with Crippen molar-refractivity contribution in [2.45, 2.75) is 13.8 Å². The lowest BCUT2D eigenvalue weighted by Gasteiger charge is -2.23. The molecule has 0 fully saturated rings. The highest BCUT2D eigenvalue weighted by atomic mass is 35.5. The molecular weight excluding hydrogens is 383 g/mol. The van der Waals surface area contributed by atoms with Crippen LogP contribution in [0.2, 0.25) is 10.0 Å². The van der Waals surface area contributed by atoms with E-state index in [0.29, 0.717) is 10.7 Å². The molecule has 5 nitrogen and oxygen atoms in total. The van der Waals surface area contributed by atoms with Crippen LogP contribution >= 0.6 is 23.2 Å². The van der Waals surface area contributed by atoms with Crippen LogP contribution in [0.15, 0.2) is 36.4 Å². The molecule has 1 N–H and O–H groups in total. The predicted molar refractivity (Wildman–Crippen MR) is 103 cm³/mol. The quantitative estimate of drug-likeness (QED) is 0.823. The van der Waals surface area contributed by atoms with Gasteiger partial charge in [0.2, 0.25) is 15.9 Å². The molecule has 0 aliphatic rings. The Morgan fingerprint density at radius 3 is 2.40 bits per heavy atom. The van der Waals surface area contributed by atoms with Crippen LogP contribution in [0.1, 0.15) is 11.1 Å². The van der Waals surface area contributed by atoms with E-state index in [4.69, 9.17) is 23.2 Å². The van der Waals surface area contributed by atoms with E-state index in [1.54, 1.807) is 0 Å². The lowest BCUT2D eigenvalue weighted by molar-refractivity contribution is -0.114. The van der Waals surface area contributed by atoms with E-state index in [2.05, 4.69) is 5.32 Å². The lowest BCUT2D eigenvalue weighted by Crippen LogP contribution is -2.37. The molecule has 0 aromatic heterocycles. The number of hydrogen-bond acceptors (Lipinski definition) is 3. The Hall–Kier alpha value is -1.76. The van der Waals surface area contributed by atoms with Crippen molar-refractivity contribution in [1.82, 2.24) is 0 Å². The molecule has 0 aliphatic carbocycles. The minimum atomic E-state index is -3.71. The molecule has 2 aromatic rings. The second-order valence-electron chi connectivity index (χ2n) is 5.73. The summed E-state index contributed by atoms with van der Waals surface area (Å²) < 4.78 is 25.2. The van der Waals surface area contributed by atoms with Gasteiger partial charge < -0.3 is 5.32 Å². The summed E-state index contributed by atoms with van der Waals surface area (Å²) in [5.41, 5.74) is 2.71. The maximum absolute atomic E-state index is 12.4. The largest absolute Gasteiger partial charge is 0.324 e. The Labute approximate surface area is 157 Å². The van der Waals surface area contributed by atoms with E-state index in [1.165, 1.54) is 18.2 Å². The molecule has 1 amide bonds. The van der Waals surface area contributed by atoms with Crippen molar-refractivity contribution in [2.75, 3.05) is 22.4 Å². The zero-order chi connectivity index (χ0) is 18.8. The summed E-state index contributed by atoms with van der Waals surface area (Å²) in [6, 6.07) is 10.1. The number of rotatable bonds is 5. The second kappa shape index (κ2) is 7.64. The van der Waals surface area contributed by atoms with Crippen LogP contribution in [0.5, 0.6) is 0 Å². The van der Waals surface area contributed by atoms with Crippen molar-refractivity contribution in [3.63, 3.8) is 0 Å². The highest BCUT2D eigenvalue weighted by Crippen LogP contribution is 2.30. The van der Waals surface area contributed by atoms with Gasteiger partial charge in [0, 0.05) is 10.7 Å². The van der Waals surface area contributed by atoms with Crippen molar-refractivity contribution < 1.29 is 13.2 Å². The number of nitrogens with zero attached hydrogens (tertiary/aromatic N) is 1. The van der Waals surface area contributed by atoms with Gasteiger partial charge in [-0.3, -0.25) is 9.10 Å². The van der Waals surface area contributed by atoms with E-state index in [0.717, 1.165) is 21.7 Å². The van der Waals surface area contributed by atoms with Gasteiger partial charge in [-0.25, -0.2) is 8.42 Å². The summed E-state index contributed by atoms with van der Waals surface area (Å²) in [4.78, 5) is 12.4. The second-order valence-corrected chi connectivity index (χ2v) is 8.48.